The van der Waals surface area contributed by atoms with Crippen LogP contribution in [-0.2, 0) is 4.79 Å². The van der Waals surface area contributed by atoms with Crippen molar-refractivity contribution in [1.29, 1.82) is 0 Å². The van der Waals surface area contributed by atoms with Crippen molar-refractivity contribution in [2.45, 2.75) is 86.6 Å². The second-order valence-electron chi connectivity index (χ2n) is 5.81. The van der Waals surface area contributed by atoms with E-state index in [1.807, 2.05) is 41.5 Å². The Morgan fingerprint density at radius 2 is 1.30 bits per heavy atom. The van der Waals surface area contributed by atoms with Gasteiger partial charge in [0, 0.05) is 6.54 Å². The molecule has 120 valence electrons. The van der Waals surface area contributed by atoms with E-state index in [1.165, 1.54) is 32.2 Å². The molecule has 0 N–H and O–H groups in total. The lowest BCUT2D eigenvalue weighted by molar-refractivity contribution is -0.121. The molecule has 0 radical (unpaired) electrons. The number of Topliss-reactive ketones (excluding diaryl/α,β-unsaturated/α-hetero) is 1. The van der Waals surface area contributed by atoms with Crippen LogP contribution in [0.5, 0.6) is 0 Å². The second-order valence-corrected chi connectivity index (χ2v) is 5.81. The van der Waals surface area contributed by atoms with E-state index in [4.69, 9.17) is 0 Å². The van der Waals surface area contributed by atoms with E-state index >= 15 is 0 Å². The molecule has 1 aliphatic heterocycles. The molecule has 2 spiro atoms. The second kappa shape index (κ2) is 8.17. The first-order chi connectivity index (χ1) is 9.59. The molecule has 0 aromatic heterocycles. The van der Waals surface area contributed by atoms with Crippen LogP contribution >= 0.6 is 0 Å². The standard InChI is InChI=1S/C12H19NO.3C2H6/c1-9(14)10-7-12(8-13(10)2)6-5-11(12)3-4-11;3*1-2/h10H,3-8H2,1-2H3;3*1-2H3. The first-order valence-corrected chi connectivity index (χ1v) is 8.79. The first kappa shape index (κ1) is 19.6. The van der Waals surface area contributed by atoms with E-state index in [0.29, 0.717) is 16.6 Å². The molecule has 0 aromatic carbocycles. The minimum Gasteiger partial charge on any atom is -0.298 e. The van der Waals surface area contributed by atoms with Gasteiger partial charge in [0.1, 0.15) is 5.78 Å². The van der Waals surface area contributed by atoms with Gasteiger partial charge < -0.3 is 0 Å². The molecule has 2 atom stereocenters. The van der Waals surface area contributed by atoms with Crippen molar-refractivity contribution in [3.63, 3.8) is 0 Å². The topological polar surface area (TPSA) is 20.3 Å². The molecule has 2 nitrogen and oxygen atoms in total. The molecule has 0 bridgehead atoms. The zero-order chi connectivity index (χ0) is 16.0. The highest BCUT2D eigenvalue weighted by molar-refractivity contribution is 5.82. The van der Waals surface area contributed by atoms with Crippen molar-refractivity contribution in [2.75, 3.05) is 13.6 Å². The lowest BCUT2D eigenvalue weighted by Gasteiger charge is -2.48. The lowest BCUT2D eigenvalue weighted by Crippen LogP contribution is -2.43. The maximum atomic E-state index is 11.5. The fraction of sp³-hybridized carbons (Fsp3) is 0.944. The third kappa shape index (κ3) is 3.27. The number of hydrogen-bond donors (Lipinski definition) is 0. The fourth-order valence-corrected chi connectivity index (χ4v) is 3.96. The monoisotopic (exact) mass is 283 g/mol. The molecule has 3 fully saturated rings. The summed E-state index contributed by atoms with van der Waals surface area (Å²) in [6.07, 6.45) is 6.84. The molecule has 0 aromatic rings. The highest BCUT2D eigenvalue weighted by atomic mass is 16.1. The summed E-state index contributed by atoms with van der Waals surface area (Å²) >= 11 is 0. The van der Waals surface area contributed by atoms with Gasteiger partial charge in [-0.2, -0.15) is 0 Å². The minimum atomic E-state index is 0.229. The number of likely N-dealkylation sites (N-methyl/N-ethyl adjacent to an activating group) is 1. The van der Waals surface area contributed by atoms with Crippen molar-refractivity contribution >= 4 is 5.78 Å². The van der Waals surface area contributed by atoms with Crippen LogP contribution < -0.4 is 0 Å². The summed E-state index contributed by atoms with van der Waals surface area (Å²) in [6.45, 7) is 14.9. The van der Waals surface area contributed by atoms with Crippen molar-refractivity contribution in [3.05, 3.63) is 0 Å². The summed E-state index contributed by atoms with van der Waals surface area (Å²) < 4.78 is 0. The lowest BCUT2D eigenvalue weighted by atomic mass is 9.56. The van der Waals surface area contributed by atoms with Gasteiger partial charge in [-0.05, 0) is 56.9 Å². The summed E-state index contributed by atoms with van der Waals surface area (Å²) in [5.41, 5.74) is 1.25. The fourth-order valence-electron chi connectivity index (χ4n) is 3.96. The van der Waals surface area contributed by atoms with Gasteiger partial charge in [0.25, 0.3) is 0 Å². The van der Waals surface area contributed by atoms with Gasteiger partial charge in [-0.3, -0.25) is 9.69 Å². The van der Waals surface area contributed by atoms with Crippen LogP contribution in [0.15, 0.2) is 0 Å². The van der Waals surface area contributed by atoms with Crippen molar-refractivity contribution in [1.82, 2.24) is 4.90 Å². The SMILES string of the molecule is CC.CC.CC.CC(=O)C1CC2(CCC23CC3)CN1C. The third-order valence-electron chi connectivity index (χ3n) is 5.20. The van der Waals surface area contributed by atoms with E-state index in [0.717, 1.165) is 6.42 Å². The van der Waals surface area contributed by atoms with Crippen LogP contribution in [0.25, 0.3) is 0 Å². The van der Waals surface area contributed by atoms with Gasteiger partial charge in [-0.1, -0.05) is 41.5 Å². The summed E-state index contributed by atoms with van der Waals surface area (Å²) in [4.78, 5) is 13.8. The molecule has 2 heteroatoms. The van der Waals surface area contributed by atoms with E-state index < -0.39 is 0 Å². The van der Waals surface area contributed by atoms with E-state index in [2.05, 4.69) is 11.9 Å². The third-order valence-corrected chi connectivity index (χ3v) is 5.20. The average Bonchev–Trinajstić information content (AvgIpc) is 3.24. The summed E-state index contributed by atoms with van der Waals surface area (Å²) in [7, 11) is 2.12. The smallest absolute Gasteiger partial charge is 0.146 e. The maximum Gasteiger partial charge on any atom is 0.146 e. The van der Waals surface area contributed by atoms with Crippen LogP contribution in [-0.4, -0.2) is 30.3 Å². The van der Waals surface area contributed by atoms with Crippen LogP contribution in [0.3, 0.4) is 0 Å². The zero-order valence-corrected chi connectivity index (χ0v) is 15.2. The number of ketones is 1. The Kier molecular flexibility index (Phi) is 8.01. The van der Waals surface area contributed by atoms with Crippen molar-refractivity contribution < 1.29 is 4.79 Å². The Morgan fingerprint density at radius 1 is 0.900 bits per heavy atom. The molecular formula is C18H37NO. The zero-order valence-electron chi connectivity index (χ0n) is 15.2. The molecule has 3 aliphatic rings. The highest BCUT2D eigenvalue weighted by Gasteiger charge is 2.68. The van der Waals surface area contributed by atoms with Gasteiger partial charge in [0.05, 0.1) is 6.04 Å². The predicted octanol–water partition coefficient (Wildman–Crippen LogP) is 4.92. The Morgan fingerprint density at radius 3 is 1.55 bits per heavy atom. The van der Waals surface area contributed by atoms with Crippen LogP contribution in [0.2, 0.25) is 0 Å². The Balaban J connectivity index is 0.000000538. The van der Waals surface area contributed by atoms with E-state index in [-0.39, 0.29) is 6.04 Å². The van der Waals surface area contributed by atoms with E-state index in [9.17, 15) is 4.79 Å². The summed E-state index contributed by atoms with van der Waals surface area (Å²) in [6, 6.07) is 0.229. The quantitative estimate of drug-likeness (QED) is 0.681. The number of carbonyl (C=O) groups is 1. The largest absolute Gasteiger partial charge is 0.298 e. The first-order valence-electron chi connectivity index (χ1n) is 8.79. The number of carbonyl (C=O) groups excluding carboxylic acids is 1. The summed E-state index contributed by atoms with van der Waals surface area (Å²) in [5.74, 6) is 0.368. The molecule has 20 heavy (non-hydrogen) atoms. The van der Waals surface area contributed by atoms with Crippen LogP contribution in [0.4, 0.5) is 0 Å². The van der Waals surface area contributed by atoms with Crippen LogP contribution in [0.1, 0.15) is 80.6 Å². The molecular weight excluding hydrogens is 246 g/mol. The number of likely N-dealkylation sites (tertiary alicyclic amines) is 1. The van der Waals surface area contributed by atoms with Gasteiger partial charge in [-0.25, -0.2) is 0 Å². The Labute approximate surface area is 127 Å². The Bertz CT molecular complexity index is 296. The Hall–Kier alpha value is -0.370. The predicted molar refractivity (Wildman–Crippen MR) is 89.1 cm³/mol. The molecule has 0 amide bonds. The van der Waals surface area contributed by atoms with Gasteiger partial charge >= 0.3 is 0 Å². The van der Waals surface area contributed by atoms with Crippen molar-refractivity contribution in [2.24, 2.45) is 10.8 Å². The average molecular weight is 283 g/mol. The number of fused-ring (bicyclic) bond motifs is 1. The number of hydrogen-bond acceptors (Lipinski definition) is 2. The highest BCUT2D eigenvalue weighted by Crippen LogP contribution is 2.74. The van der Waals surface area contributed by atoms with Gasteiger partial charge in [-0.15, -0.1) is 0 Å². The normalized spacial score (nSPS) is 31.9. The number of nitrogens with zero attached hydrogens (tertiary/aromatic N) is 1. The van der Waals surface area contributed by atoms with Gasteiger partial charge in [0.2, 0.25) is 0 Å². The summed E-state index contributed by atoms with van der Waals surface area (Å²) in [5, 5.41) is 0. The molecule has 3 rings (SSSR count). The van der Waals surface area contributed by atoms with E-state index in [1.54, 1.807) is 6.92 Å². The molecule has 1 saturated heterocycles. The molecule has 1 heterocycles. The van der Waals surface area contributed by atoms with Crippen LogP contribution in [0, 0.1) is 10.8 Å². The van der Waals surface area contributed by atoms with Crippen molar-refractivity contribution in [3.8, 4) is 0 Å². The number of rotatable bonds is 1. The minimum absolute atomic E-state index is 0.229. The maximum absolute atomic E-state index is 11.5. The molecule has 2 aliphatic carbocycles. The van der Waals surface area contributed by atoms with Gasteiger partial charge in [0.15, 0.2) is 0 Å². The molecule has 2 saturated carbocycles. The molecule has 2 unspecified atom stereocenters.